The average molecular weight is 323 g/mol. The number of aromatic nitrogens is 2. The van der Waals surface area contributed by atoms with Crippen molar-refractivity contribution in [2.75, 3.05) is 30.8 Å². The van der Waals surface area contributed by atoms with Gasteiger partial charge >= 0.3 is 6.09 Å². The second kappa shape index (κ2) is 6.99. The Hall–Kier alpha value is -2.09. The van der Waals surface area contributed by atoms with Gasteiger partial charge in [0, 0.05) is 26.4 Å². The summed E-state index contributed by atoms with van der Waals surface area (Å²) in [7, 11) is 1.64. The molecule has 1 aliphatic heterocycles. The highest BCUT2D eigenvalue weighted by atomic mass is 16.6. The van der Waals surface area contributed by atoms with Crippen LogP contribution in [0.15, 0.2) is 12.3 Å². The number of rotatable bonds is 3. The third-order valence-corrected chi connectivity index (χ3v) is 3.50. The van der Waals surface area contributed by atoms with Crippen LogP contribution in [0.3, 0.4) is 0 Å². The molecule has 2 atom stereocenters. The van der Waals surface area contributed by atoms with Gasteiger partial charge in [0.2, 0.25) is 5.95 Å². The summed E-state index contributed by atoms with van der Waals surface area (Å²) < 4.78 is 10.8. The first-order valence-electron chi connectivity index (χ1n) is 7.64. The molecule has 0 aliphatic carbocycles. The van der Waals surface area contributed by atoms with Crippen LogP contribution < -0.4 is 16.0 Å². The van der Waals surface area contributed by atoms with E-state index in [1.807, 2.05) is 25.7 Å². The van der Waals surface area contributed by atoms with Gasteiger partial charge < -0.3 is 25.4 Å². The Morgan fingerprint density at radius 2 is 2.22 bits per heavy atom. The first-order valence-corrected chi connectivity index (χ1v) is 7.64. The zero-order chi connectivity index (χ0) is 17.0. The summed E-state index contributed by atoms with van der Waals surface area (Å²) in [6.45, 7) is 6.74. The molecule has 1 saturated heterocycles. The molecule has 3 N–H and O–H groups in total. The number of nitrogens with two attached hydrogens (primary N) is 1. The van der Waals surface area contributed by atoms with E-state index in [1.165, 1.54) is 0 Å². The summed E-state index contributed by atoms with van der Waals surface area (Å²) in [4.78, 5) is 22.5. The number of amides is 1. The number of nitrogens with one attached hydrogen (secondary N) is 1. The van der Waals surface area contributed by atoms with Crippen LogP contribution in [0.1, 0.15) is 27.2 Å². The lowest BCUT2D eigenvalue weighted by Gasteiger charge is -2.38. The fraction of sp³-hybridized carbons (Fsp3) is 0.667. The van der Waals surface area contributed by atoms with Crippen molar-refractivity contribution < 1.29 is 14.3 Å². The van der Waals surface area contributed by atoms with Gasteiger partial charge in [-0.3, -0.25) is 0 Å². The molecule has 0 radical (unpaired) electrons. The second-order valence-corrected chi connectivity index (χ2v) is 6.54. The zero-order valence-corrected chi connectivity index (χ0v) is 14.1. The normalized spacial score (nSPS) is 21.8. The van der Waals surface area contributed by atoms with Crippen molar-refractivity contribution in [2.45, 2.75) is 44.9 Å². The van der Waals surface area contributed by atoms with Crippen molar-refractivity contribution in [2.24, 2.45) is 0 Å². The van der Waals surface area contributed by atoms with Crippen LogP contribution in [0.2, 0.25) is 0 Å². The number of carbonyl (C=O) groups excluding carboxylic acids is 1. The number of carbonyl (C=O) groups is 1. The molecule has 23 heavy (non-hydrogen) atoms. The molecule has 1 aliphatic rings. The van der Waals surface area contributed by atoms with Gasteiger partial charge in [-0.25, -0.2) is 9.78 Å². The van der Waals surface area contributed by atoms with E-state index in [0.717, 1.165) is 13.0 Å². The SMILES string of the molecule is CO[C@H]1CCN(c2nccc(N)n2)C[C@H]1NC(=O)OC(C)(C)C. The molecule has 0 spiro atoms. The van der Waals surface area contributed by atoms with E-state index in [1.54, 1.807) is 19.4 Å². The number of methoxy groups -OCH3 is 1. The maximum absolute atomic E-state index is 12.0. The predicted octanol–water partition coefficient (Wildman–Crippen LogP) is 1.18. The number of nitrogen functional groups attached to an aromatic ring is 1. The number of nitrogens with zero attached hydrogens (tertiary/aromatic N) is 3. The lowest BCUT2D eigenvalue weighted by molar-refractivity contribution is 0.0279. The summed E-state index contributed by atoms with van der Waals surface area (Å²) in [5, 5.41) is 2.88. The largest absolute Gasteiger partial charge is 0.444 e. The minimum Gasteiger partial charge on any atom is -0.444 e. The number of alkyl carbamates (subject to hydrolysis) is 1. The highest BCUT2D eigenvalue weighted by molar-refractivity contribution is 5.68. The van der Waals surface area contributed by atoms with Crippen molar-refractivity contribution in [3.8, 4) is 0 Å². The molecule has 0 saturated carbocycles. The molecule has 0 aromatic carbocycles. The number of anilines is 2. The van der Waals surface area contributed by atoms with Crippen LogP contribution >= 0.6 is 0 Å². The molecular formula is C15H25N5O3. The first-order chi connectivity index (χ1) is 10.8. The van der Waals surface area contributed by atoms with Gasteiger partial charge in [-0.1, -0.05) is 0 Å². The van der Waals surface area contributed by atoms with Crippen molar-refractivity contribution >= 4 is 17.9 Å². The van der Waals surface area contributed by atoms with E-state index in [0.29, 0.717) is 18.3 Å². The zero-order valence-electron chi connectivity index (χ0n) is 14.1. The topological polar surface area (TPSA) is 103 Å². The summed E-state index contributed by atoms with van der Waals surface area (Å²) in [5.74, 6) is 0.969. The molecule has 8 nitrogen and oxygen atoms in total. The van der Waals surface area contributed by atoms with Crippen LogP contribution in [0.25, 0.3) is 0 Å². The van der Waals surface area contributed by atoms with E-state index < -0.39 is 11.7 Å². The van der Waals surface area contributed by atoms with E-state index in [2.05, 4.69) is 15.3 Å². The third-order valence-electron chi connectivity index (χ3n) is 3.50. The number of piperidine rings is 1. The maximum atomic E-state index is 12.0. The molecule has 1 aromatic rings. The van der Waals surface area contributed by atoms with Gasteiger partial charge in [0.05, 0.1) is 12.1 Å². The molecular weight excluding hydrogens is 298 g/mol. The van der Waals surface area contributed by atoms with E-state index in [9.17, 15) is 4.79 Å². The fourth-order valence-corrected chi connectivity index (χ4v) is 2.51. The van der Waals surface area contributed by atoms with Crippen LogP contribution in [0.4, 0.5) is 16.6 Å². The third kappa shape index (κ3) is 4.95. The predicted molar refractivity (Wildman–Crippen MR) is 87.2 cm³/mol. The molecule has 2 heterocycles. The molecule has 2 rings (SSSR count). The van der Waals surface area contributed by atoms with E-state index in [4.69, 9.17) is 15.2 Å². The highest BCUT2D eigenvalue weighted by Crippen LogP contribution is 2.19. The summed E-state index contributed by atoms with van der Waals surface area (Å²) in [5.41, 5.74) is 5.17. The monoisotopic (exact) mass is 323 g/mol. The molecule has 1 aromatic heterocycles. The van der Waals surface area contributed by atoms with Gasteiger partial charge in [-0.05, 0) is 33.3 Å². The van der Waals surface area contributed by atoms with Gasteiger partial charge in [0.25, 0.3) is 0 Å². The first kappa shape index (κ1) is 17.3. The van der Waals surface area contributed by atoms with Crippen LogP contribution in [0.5, 0.6) is 0 Å². The summed E-state index contributed by atoms with van der Waals surface area (Å²) in [6.07, 6.45) is 1.82. The van der Waals surface area contributed by atoms with Gasteiger partial charge in [-0.2, -0.15) is 4.98 Å². The molecule has 8 heteroatoms. The van der Waals surface area contributed by atoms with Crippen molar-refractivity contribution in [3.63, 3.8) is 0 Å². The van der Waals surface area contributed by atoms with Gasteiger partial charge in [0.1, 0.15) is 11.4 Å². The van der Waals surface area contributed by atoms with Crippen LogP contribution in [-0.2, 0) is 9.47 Å². The molecule has 128 valence electrons. The van der Waals surface area contributed by atoms with E-state index in [-0.39, 0.29) is 12.1 Å². The lowest BCUT2D eigenvalue weighted by atomic mass is 10.0. The van der Waals surface area contributed by atoms with Crippen molar-refractivity contribution in [1.29, 1.82) is 0 Å². The molecule has 1 amide bonds. The van der Waals surface area contributed by atoms with Crippen molar-refractivity contribution in [3.05, 3.63) is 12.3 Å². The smallest absolute Gasteiger partial charge is 0.408 e. The maximum Gasteiger partial charge on any atom is 0.408 e. The van der Waals surface area contributed by atoms with Gasteiger partial charge in [0.15, 0.2) is 0 Å². The lowest BCUT2D eigenvalue weighted by Crippen LogP contribution is -2.56. The van der Waals surface area contributed by atoms with E-state index >= 15 is 0 Å². The standard InChI is InChI=1S/C15H25N5O3/c1-15(2,3)23-14(21)18-10-9-20(8-6-11(10)22-4)13-17-7-5-12(16)19-13/h5,7,10-11H,6,8-9H2,1-4H3,(H,18,21)(H2,16,17,19)/t10-,11+/m1/s1. The minimum absolute atomic E-state index is 0.0835. The van der Waals surface area contributed by atoms with Gasteiger partial charge in [-0.15, -0.1) is 0 Å². The Morgan fingerprint density at radius 1 is 1.48 bits per heavy atom. The number of hydrogen-bond donors (Lipinski definition) is 2. The Balaban J connectivity index is 2.05. The fourth-order valence-electron chi connectivity index (χ4n) is 2.51. The van der Waals surface area contributed by atoms with Crippen LogP contribution in [-0.4, -0.2) is 54.0 Å². The summed E-state index contributed by atoms with van der Waals surface area (Å²) >= 11 is 0. The Labute approximate surface area is 136 Å². The Morgan fingerprint density at radius 3 is 2.83 bits per heavy atom. The molecule has 0 unspecified atom stereocenters. The molecule has 0 bridgehead atoms. The molecule has 1 fully saturated rings. The summed E-state index contributed by atoms with van der Waals surface area (Å²) in [6, 6.07) is 1.43. The quantitative estimate of drug-likeness (QED) is 0.861. The Bertz CT molecular complexity index is 546. The van der Waals surface area contributed by atoms with Crippen molar-refractivity contribution in [1.82, 2.24) is 15.3 Å². The highest BCUT2D eigenvalue weighted by Gasteiger charge is 2.32. The van der Waals surface area contributed by atoms with Crippen LogP contribution in [0, 0.1) is 0 Å². The second-order valence-electron chi connectivity index (χ2n) is 6.54. The Kier molecular flexibility index (Phi) is 5.25. The minimum atomic E-state index is -0.544. The average Bonchev–Trinajstić information content (AvgIpc) is 2.45. The number of hydrogen-bond acceptors (Lipinski definition) is 7. The number of ether oxygens (including phenoxy) is 2.